The molecular weight excluding hydrogens is 442 g/mol. The lowest BCUT2D eigenvalue weighted by atomic mass is 10.1. The number of rotatable bonds is 7. The number of hydrogen-bond acceptors (Lipinski definition) is 6. The highest BCUT2D eigenvalue weighted by Gasteiger charge is 2.29. The molecular formula is C24H31N3O5S. The van der Waals surface area contributed by atoms with Crippen molar-refractivity contribution in [2.45, 2.75) is 37.0 Å². The summed E-state index contributed by atoms with van der Waals surface area (Å²) in [5, 5.41) is 2.90. The number of methoxy groups -OCH3 is 2. The lowest BCUT2D eigenvalue weighted by molar-refractivity contribution is 0.102. The third-order valence-electron chi connectivity index (χ3n) is 6.25. The van der Waals surface area contributed by atoms with Crippen molar-refractivity contribution in [3.63, 3.8) is 0 Å². The monoisotopic (exact) mass is 473 g/mol. The maximum Gasteiger partial charge on any atom is 0.257 e. The average molecular weight is 474 g/mol. The quantitative estimate of drug-likeness (QED) is 0.659. The van der Waals surface area contributed by atoms with Gasteiger partial charge in [0.05, 0.1) is 24.7 Å². The molecule has 1 N–H and O–H groups in total. The first kappa shape index (κ1) is 23.4. The van der Waals surface area contributed by atoms with E-state index in [0.717, 1.165) is 50.9 Å². The Morgan fingerprint density at radius 3 is 2.18 bits per heavy atom. The van der Waals surface area contributed by atoms with Gasteiger partial charge < -0.3 is 19.7 Å². The van der Waals surface area contributed by atoms with Gasteiger partial charge >= 0.3 is 0 Å². The number of carbonyl (C=O) groups is 1. The van der Waals surface area contributed by atoms with Crippen molar-refractivity contribution in [3.05, 3.63) is 42.0 Å². The molecule has 0 spiro atoms. The summed E-state index contributed by atoms with van der Waals surface area (Å²) in [5.74, 6) is 0.694. The molecule has 178 valence electrons. The molecule has 33 heavy (non-hydrogen) atoms. The van der Waals surface area contributed by atoms with Gasteiger partial charge in [0, 0.05) is 43.6 Å². The van der Waals surface area contributed by atoms with E-state index in [9.17, 15) is 13.2 Å². The molecule has 2 aromatic carbocycles. The molecule has 2 saturated heterocycles. The van der Waals surface area contributed by atoms with Crippen molar-refractivity contribution < 1.29 is 22.7 Å². The summed E-state index contributed by atoms with van der Waals surface area (Å²) in [6.07, 6.45) is 4.85. The second-order valence-corrected chi connectivity index (χ2v) is 10.3. The van der Waals surface area contributed by atoms with Gasteiger partial charge in [-0.05, 0) is 56.0 Å². The number of sulfonamides is 1. The second-order valence-electron chi connectivity index (χ2n) is 8.36. The lowest BCUT2D eigenvalue weighted by Gasteiger charge is -2.27. The summed E-state index contributed by atoms with van der Waals surface area (Å²) in [6.45, 7) is 2.72. The van der Waals surface area contributed by atoms with E-state index < -0.39 is 10.0 Å². The van der Waals surface area contributed by atoms with Crippen LogP contribution >= 0.6 is 0 Å². The van der Waals surface area contributed by atoms with Gasteiger partial charge in [0.1, 0.15) is 0 Å². The number of ether oxygens (including phenoxy) is 2. The zero-order valence-electron chi connectivity index (χ0n) is 19.2. The van der Waals surface area contributed by atoms with Gasteiger partial charge in [0.2, 0.25) is 10.0 Å². The van der Waals surface area contributed by atoms with E-state index in [2.05, 4.69) is 10.2 Å². The third-order valence-corrected chi connectivity index (χ3v) is 8.15. The molecule has 0 radical (unpaired) electrons. The van der Waals surface area contributed by atoms with Crippen LogP contribution in [0.1, 0.15) is 42.5 Å². The van der Waals surface area contributed by atoms with E-state index in [1.165, 1.54) is 17.5 Å². The Kier molecular flexibility index (Phi) is 7.09. The first-order valence-electron chi connectivity index (χ1n) is 11.4. The Balaban J connectivity index is 1.68. The molecule has 0 bridgehead atoms. The van der Waals surface area contributed by atoms with Crippen LogP contribution in [0.5, 0.6) is 11.5 Å². The third kappa shape index (κ3) is 4.94. The first-order chi connectivity index (χ1) is 15.9. The minimum Gasteiger partial charge on any atom is -0.493 e. The fourth-order valence-electron chi connectivity index (χ4n) is 4.46. The van der Waals surface area contributed by atoms with Crippen LogP contribution in [0.4, 0.5) is 11.4 Å². The van der Waals surface area contributed by atoms with Gasteiger partial charge in [-0.2, -0.15) is 4.31 Å². The average Bonchev–Trinajstić information content (AvgIpc) is 3.39. The van der Waals surface area contributed by atoms with E-state index in [4.69, 9.17) is 9.47 Å². The number of hydrogen-bond donors (Lipinski definition) is 1. The normalized spacial score (nSPS) is 17.1. The number of amides is 1. The van der Waals surface area contributed by atoms with Gasteiger partial charge in [-0.1, -0.05) is 6.42 Å². The molecule has 0 aromatic heterocycles. The first-order valence-corrected chi connectivity index (χ1v) is 12.8. The van der Waals surface area contributed by atoms with Crippen LogP contribution in [0.2, 0.25) is 0 Å². The molecule has 0 unspecified atom stereocenters. The van der Waals surface area contributed by atoms with Crippen molar-refractivity contribution in [3.8, 4) is 11.5 Å². The van der Waals surface area contributed by atoms with Crippen molar-refractivity contribution in [2.24, 2.45) is 0 Å². The predicted octanol–water partition coefficient (Wildman–Crippen LogP) is 3.73. The number of anilines is 2. The van der Waals surface area contributed by atoms with Gasteiger partial charge in [0.25, 0.3) is 5.91 Å². The molecule has 2 fully saturated rings. The van der Waals surface area contributed by atoms with Gasteiger partial charge in [-0.15, -0.1) is 0 Å². The minimum atomic E-state index is -3.65. The molecule has 2 aliphatic heterocycles. The smallest absolute Gasteiger partial charge is 0.257 e. The summed E-state index contributed by atoms with van der Waals surface area (Å²) >= 11 is 0. The molecule has 1 amide bonds. The Bertz CT molecular complexity index is 1110. The molecule has 0 saturated carbocycles. The lowest BCUT2D eigenvalue weighted by Crippen LogP contribution is -2.35. The molecule has 2 aliphatic rings. The summed E-state index contributed by atoms with van der Waals surface area (Å²) in [6, 6.07) is 10.0. The van der Waals surface area contributed by atoms with Crippen molar-refractivity contribution in [2.75, 3.05) is 50.6 Å². The second kappa shape index (κ2) is 10.0. The molecule has 2 heterocycles. The highest BCUT2D eigenvalue weighted by atomic mass is 32.2. The number of piperidine rings is 1. The molecule has 8 nitrogen and oxygen atoms in total. The molecule has 0 atom stereocenters. The van der Waals surface area contributed by atoms with Gasteiger partial charge in [0.15, 0.2) is 11.5 Å². The number of carbonyl (C=O) groups excluding carboxylic acids is 1. The highest BCUT2D eigenvalue weighted by Crippen LogP contribution is 2.32. The van der Waals surface area contributed by atoms with Crippen molar-refractivity contribution in [1.82, 2.24) is 4.31 Å². The van der Waals surface area contributed by atoms with E-state index in [0.29, 0.717) is 35.8 Å². The summed E-state index contributed by atoms with van der Waals surface area (Å²) in [7, 11) is -0.573. The summed E-state index contributed by atoms with van der Waals surface area (Å²) in [5.41, 5.74) is 1.64. The maximum atomic E-state index is 13.4. The number of nitrogens with zero attached hydrogens (tertiary/aromatic N) is 2. The van der Waals surface area contributed by atoms with Crippen molar-refractivity contribution in [1.29, 1.82) is 0 Å². The van der Waals surface area contributed by atoms with Crippen LogP contribution < -0.4 is 19.7 Å². The standard InChI is InChI=1S/C24H31N3O5S/c1-31-22-11-8-18(16-23(22)32-2)25-24(28)20-17-19(9-10-21(20)26-12-6-7-13-26)33(29,30)27-14-4-3-5-15-27/h8-11,16-17H,3-7,12-15H2,1-2H3,(H,25,28). The summed E-state index contributed by atoms with van der Waals surface area (Å²) < 4.78 is 38.6. The Labute approximate surface area is 195 Å². The Morgan fingerprint density at radius 2 is 1.52 bits per heavy atom. The van der Waals surface area contributed by atoms with Crippen LogP contribution in [0.3, 0.4) is 0 Å². The van der Waals surface area contributed by atoms with Crippen molar-refractivity contribution >= 4 is 27.3 Å². The topological polar surface area (TPSA) is 88.2 Å². The van der Waals surface area contributed by atoms with E-state index in [-0.39, 0.29) is 10.8 Å². The Morgan fingerprint density at radius 1 is 0.848 bits per heavy atom. The van der Waals surface area contributed by atoms with Crippen LogP contribution in [0, 0.1) is 0 Å². The van der Waals surface area contributed by atoms with E-state index in [1.807, 2.05) is 0 Å². The van der Waals surface area contributed by atoms with Crippen LogP contribution in [0.25, 0.3) is 0 Å². The van der Waals surface area contributed by atoms with Crippen LogP contribution in [-0.2, 0) is 10.0 Å². The largest absolute Gasteiger partial charge is 0.493 e. The summed E-state index contributed by atoms with van der Waals surface area (Å²) in [4.78, 5) is 15.7. The molecule has 0 aliphatic carbocycles. The van der Waals surface area contributed by atoms with Gasteiger partial charge in [-0.25, -0.2) is 8.42 Å². The fourth-order valence-corrected chi connectivity index (χ4v) is 6.00. The predicted molar refractivity (Wildman–Crippen MR) is 128 cm³/mol. The minimum absolute atomic E-state index is 0.157. The molecule has 2 aromatic rings. The number of nitrogens with one attached hydrogen (secondary N) is 1. The van der Waals surface area contributed by atoms with Crippen LogP contribution in [0.15, 0.2) is 41.3 Å². The fraction of sp³-hybridized carbons (Fsp3) is 0.458. The Hall–Kier alpha value is -2.78. The van der Waals surface area contributed by atoms with E-state index >= 15 is 0 Å². The zero-order valence-corrected chi connectivity index (χ0v) is 20.0. The van der Waals surface area contributed by atoms with Crippen LogP contribution in [-0.4, -0.2) is 59.0 Å². The zero-order chi connectivity index (χ0) is 23.4. The molecule has 9 heteroatoms. The molecule has 4 rings (SSSR count). The SMILES string of the molecule is COc1ccc(NC(=O)c2cc(S(=O)(=O)N3CCCCC3)ccc2N2CCCC2)cc1OC. The maximum absolute atomic E-state index is 13.4. The highest BCUT2D eigenvalue weighted by molar-refractivity contribution is 7.89. The number of benzene rings is 2. The van der Waals surface area contributed by atoms with E-state index in [1.54, 1.807) is 37.4 Å². The van der Waals surface area contributed by atoms with Gasteiger partial charge in [-0.3, -0.25) is 4.79 Å².